The van der Waals surface area contributed by atoms with Crippen molar-refractivity contribution in [3.8, 4) is 11.3 Å². The van der Waals surface area contributed by atoms with Gasteiger partial charge < -0.3 is 5.32 Å². The van der Waals surface area contributed by atoms with Gasteiger partial charge in [0.25, 0.3) is 0 Å². The lowest BCUT2D eigenvalue weighted by molar-refractivity contribution is 0.619. The zero-order chi connectivity index (χ0) is 14.7. The summed E-state index contributed by atoms with van der Waals surface area (Å²) in [6.45, 7) is 2.32. The minimum atomic E-state index is -0.209. The predicted molar refractivity (Wildman–Crippen MR) is 80.3 cm³/mol. The Morgan fingerprint density at radius 3 is 2.90 bits per heavy atom. The molecule has 0 radical (unpaired) electrons. The first-order chi connectivity index (χ1) is 10.3. The third-order valence-electron chi connectivity index (χ3n) is 3.41. The number of nitrogens with one attached hydrogen (secondary N) is 2. The second kappa shape index (κ2) is 5.75. The van der Waals surface area contributed by atoms with E-state index >= 15 is 0 Å². The molecule has 2 heterocycles. The quantitative estimate of drug-likeness (QED) is 0.769. The van der Waals surface area contributed by atoms with Crippen LogP contribution in [0.3, 0.4) is 0 Å². The van der Waals surface area contributed by atoms with Gasteiger partial charge in [0.05, 0.1) is 11.9 Å². The molecule has 0 aliphatic rings. The van der Waals surface area contributed by atoms with Crippen molar-refractivity contribution in [3.63, 3.8) is 0 Å². The van der Waals surface area contributed by atoms with Crippen molar-refractivity contribution in [2.45, 2.75) is 13.5 Å². The zero-order valence-electron chi connectivity index (χ0n) is 11.6. The molecule has 2 aromatic heterocycles. The van der Waals surface area contributed by atoms with Crippen LogP contribution in [0.1, 0.15) is 11.1 Å². The van der Waals surface area contributed by atoms with E-state index in [9.17, 15) is 4.39 Å². The summed E-state index contributed by atoms with van der Waals surface area (Å²) in [7, 11) is 0. The highest BCUT2D eigenvalue weighted by Crippen LogP contribution is 2.22. The van der Waals surface area contributed by atoms with Gasteiger partial charge in [-0.3, -0.25) is 10.1 Å². The van der Waals surface area contributed by atoms with Gasteiger partial charge in [0, 0.05) is 41.3 Å². The Morgan fingerprint density at radius 1 is 1.19 bits per heavy atom. The molecule has 0 saturated heterocycles. The van der Waals surface area contributed by atoms with Crippen LogP contribution in [0.25, 0.3) is 11.3 Å². The molecule has 0 amide bonds. The summed E-state index contributed by atoms with van der Waals surface area (Å²) in [5, 5.41) is 10.3. The van der Waals surface area contributed by atoms with Gasteiger partial charge in [0.2, 0.25) is 0 Å². The van der Waals surface area contributed by atoms with Crippen LogP contribution >= 0.6 is 0 Å². The average molecular weight is 282 g/mol. The Hall–Kier alpha value is -2.69. The third kappa shape index (κ3) is 2.76. The van der Waals surface area contributed by atoms with E-state index in [1.165, 1.54) is 6.07 Å². The third-order valence-corrected chi connectivity index (χ3v) is 3.41. The number of pyridine rings is 1. The number of aromatic nitrogens is 3. The molecule has 3 rings (SSSR count). The van der Waals surface area contributed by atoms with Crippen molar-refractivity contribution in [1.82, 2.24) is 15.2 Å². The van der Waals surface area contributed by atoms with Crippen LogP contribution in [0.15, 0.2) is 48.9 Å². The van der Waals surface area contributed by atoms with E-state index in [0.29, 0.717) is 12.1 Å². The number of aromatic amines is 1. The minimum Gasteiger partial charge on any atom is -0.381 e. The first-order valence-electron chi connectivity index (χ1n) is 6.67. The van der Waals surface area contributed by atoms with Crippen LogP contribution in [-0.4, -0.2) is 15.2 Å². The molecule has 0 bridgehead atoms. The number of rotatable bonds is 4. The van der Waals surface area contributed by atoms with Crippen molar-refractivity contribution in [3.05, 3.63) is 65.9 Å². The molecular formula is C16H15FN4. The molecule has 0 unspecified atom stereocenters. The molecule has 1 aromatic carbocycles. The van der Waals surface area contributed by atoms with Gasteiger partial charge in [-0.25, -0.2) is 4.39 Å². The largest absolute Gasteiger partial charge is 0.381 e. The zero-order valence-corrected chi connectivity index (χ0v) is 11.6. The van der Waals surface area contributed by atoms with Crippen LogP contribution in [-0.2, 0) is 6.54 Å². The van der Waals surface area contributed by atoms with E-state index in [2.05, 4.69) is 20.5 Å². The summed E-state index contributed by atoms with van der Waals surface area (Å²) in [4.78, 5) is 4.11. The van der Waals surface area contributed by atoms with Gasteiger partial charge in [0.1, 0.15) is 5.82 Å². The van der Waals surface area contributed by atoms with Crippen LogP contribution < -0.4 is 5.32 Å². The maximum atomic E-state index is 13.5. The maximum Gasteiger partial charge on any atom is 0.128 e. The maximum absolute atomic E-state index is 13.5. The minimum absolute atomic E-state index is 0.209. The summed E-state index contributed by atoms with van der Waals surface area (Å²) in [6, 6.07) is 8.87. The number of benzene rings is 1. The van der Waals surface area contributed by atoms with Crippen LogP contribution in [0.2, 0.25) is 0 Å². The lowest BCUT2D eigenvalue weighted by Crippen LogP contribution is -2.02. The Balaban J connectivity index is 1.81. The number of halogens is 1. The molecule has 5 heteroatoms. The van der Waals surface area contributed by atoms with E-state index in [0.717, 1.165) is 22.5 Å². The van der Waals surface area contributed by atoms with Crippen LogP contribution in [0.4, 0.5) is 10.1 Å². The molecule has 0 aliphatic heterocycles. The smallest absolute Gasteiger partial charge is 0.128 e. The Morgan fingerprint density at radius 2 is 2.10 bits per heavy atom. The fourth-order valence-corrected chi connectivity index (χ4v) is 2.20. The Bertz CT molecular complexity index is 737. The van der Waals surface area contributed by atoms with E-state index in [4.69, 9.17) is 0 Å². The van der Waals surface area contributed by atoms with E-state index < -0.39 is 0 Å². The van der Waals surface area contributed by atoms with Crippen molar-refractivity contribution < 1.29 is 4.39 Å². The van der Waals surface area contributed by atoms with E-state index in [1.807, 2.05) is 18.2 Å². The molecule has 2 N–H and O–H groups in total. The van der Waals surface area contributed by atoms with Gasteiger partial charge >= 0.3 is 0 Å². The number of hydrogen-bond acceptors (Lipinski definition) is 3. The normalized spacial score (nSPS) is 10.6. The molecule has 21 heavy (non-hydrogen) atoms. The summed E-state index contributed by atoms with van der Waals surface area (Å²) in [5.41, 5.74) is 4.30. The number of hydrogen-bond donors (Lipinski definition) is 2. The fraction of sp³-hybridized carbons (Fsp3) is 0.125. The first kappa shape index (κ1) is 13.3. The van der Waals surface area contributed by atoms with Crippen molar-refractivity contribution >= 4 is 5.69 Å². The van der Waals surface area contributed by atoms with E-state index in [-0.39, 0.29) is 5.82 Å². The highest BCUT2D eigenvalue weighted by Gasteiger charge is 2.09. The molecule has 0 saturated carbocycles. The van der Waals surface area contributed by atoms with Crippen LogP contribution in [0, 0.1) is 12.7 Å². The molecule has 0 fully saturated rings. The lowest BCUT2D eigenvalue weighted by Gasteiger charge is -2.10. The number of nitrogens with zero attached hydrogens (tertiary/aromatic N) is 2. The monoisotopic (exact) mass is 282 g/mol. The van der Waals surface area contributed by atoms with Crippen molar-refractivity contribution in [1.29, 1.82) is 0 Å². The second-order valence-corrected chi connectivity index (χ2v) is 4.78. The van der Waals surface area contributed by atoms with E-state index in [1.54, 1.807) is 31.6 Å². The highest BCUT2D eigenvalue weighted by molar-refractivity contribution is 5.62. The molecule has 0 atom stereocenters. The summed E-state index contributed by atoms with van der Waals surface area (Å²) in [5.74, 6) is -0.209. The van der Waals surface area contributed by atoms with Gasteiger partial charge in [0.15, 0.2) is 0 Å². The molecule has 3 aromatic rings. The Labute approximate surface area is 122 Å². The highest BCUT2D eigenvalue weighted by atomic mass is 19.1. The van der Waals surface area contributed by atoms with Gasteiger partial charge in [-0.15, -0.1) is 0 Å². The molecule has 4 nitrogen and oxygen atoms in total. The summed E-state index contributed by atoms with van der Waals surface area (Å²) in [6.07, 6.45) is 5.28. The number of anilines is 1. The fourth-order valence-electron chi connectivity index (χ4n) is 2.20. The SMILES string of the molecule is Cc1c(F)cccc1NCc1cn[nH]c1-c1cccnc1. The molecule has 106 valence electrons. The topological polar surface area (TPSA) is 53.6 Å². The summed E-state index contributed by atoms with van der Waals surface area (Å²) < 4.78 is 13.5. The average Bonchev–Trinajstić information content (AvgIpc) is 2.98. The van der Waals surface area contributed by atoms with Gasteiger partial charge in [-0.05, 0) is 31.2 Å². The number of H-pyrrole nitrogens is 1. The van der Waals surface area contributed by atoms with Crippen molar-refractivity contribution in [2.24, 2.45) is 0 Å². The second-order valence-electron chi connectivity index (χ2n) is 4.78. The molecule has 0 spiro atoms. The predicted octanol–water partition coefficient (Wildman–Crippen LogP) is 3.53. The molecule has 0 aliphatic carbocycles. The van der Waals surface area contributed by atoms with Gasteiger partial charge in [-0.1, -0.05) is 6.07 Å². The molecular weight excluding hydrogens is 267 g/mol. The Kier molecular flexibility index (Phi) is 3.64. The van der Waals surface area contributed by atoms with Gasteiger partial charge in [-0.2, -0.15) is 5.10 Å². The summed E-state index contributed by atoms with van der Waals surface area (Å²) >= 11 is 0. The van der Waals surface area contributed by atoms with Crippen molar-refractivity contribution in [2.75, 3.05) is 5.32 Å². The first-order valence-corrected chi connectivity index (χ1v) is 6.67. The standard InChI is InChI=1S/C16H15FN4/c1-11-14(17)5-2-6-15(11)19-9-13-10-20-21-16(13)12-4-3-7-18-8-12/h2-8,10,19H,9H2,1H3,(H,20,21). The lowest BCUT2D eigenvalue weighted by atomic mass is 10.1. The van der Waals surface area contributed by atoms with Crippen LogP contribution in [0.5, 0.6) is 0 Å².